The Morgan fingerprint density at radius 2 is 2.09 bits per heavy atom. The highest BCUT2D eigenvalue weighted by Gasteiger charge is 2.44. The highest BCUT2D eigenvalue weighted by Crippen LogP contribution is 2.49. The number of aromatic nitrogens is 1. The van der Waals surface area contributed by atoms with Crippen LogP contribution >= 0.6 is 0 Å². The Hall–Kier alpha value is -2.50. The molecule has 23 heavy (non-hydrogen) atoms. The van der Waals surface area contributed by atoms with Gasteiger partial charge in [-0.3, -0.25) is 4.79 Å². The van der Waals surface area contributed by atoms with Crippen molar-refractivity contribution in [1.29, 1.82) is 0 Å². The number of amides is 1. The molecule has 0 saturated heterocycles. The Morgan fingerprint density at radius 3 is 2.87 bits per heavy atom. The van der Waals surface area contributed by atoms with Gasteiger partial charge in [0.1, 0.15) is 24.7 Å². The zero-order chi connectivity index (χ0) is 15.8. The van der Waals surface area contributed by atoms with Crippen molar-refractivity contribution in [2.45, 2.75) is 25.8 Å². The van der Waals surface area contributed by atoms with Crippen LogP contribution in [0.2, 0.25) is 0 Å². The first-order valence-electron chi connectivity index (χ1n) is 7.80. The van der Waals surface area contributed by atoms with E-state index in [0.717, 1.165) is 34.9 Å². The Balaban J connectivity index is 1.36. The number of benzene rings is 1. The van der Waals surface area contributed by atoms with Crippen LogP contribution in [0.5, 0.6) is 11.5 Å². The van der Waals surface area contributed by atoms with Gasteiger partial charge in [-0.1, -0.05) is 11.2 Å². The number of carbonyl (C=O) groups excluding carboxylic acids is 1. The minimum absolute atomic E-state index is 0.0190. The molecule has 1 aromatic carbocycles. The van der Waals surface area contributed by atoms with Crippen LogP contribution in [0.1, 0.15) is 29.4 Å². The summed E-state index contributed by atoms with van der Waals surface area (Å²) in [5, 5.41) is 6.79. The van der Waals surface area contributed by atoms with Crippen LogP contribution in [-0.4, -0.2) is 24.3 Å². The summed E-state index contributed by atoms with van der Waals surface area (Å²) in [7, 11) is 0. The lowest BCUT2D eigenvalue weighted by atomic mass is 10.1. The summed E-state index contributed by atoms with van der Waals surface area (Å²) in [4.78, 5) is 12.2. The number of hydrogen-bond donors (Lipinski definition) is 1. The molecule has 2 heterocycles. The lowest BCUT2D eigenvalue weighted by Crippen LogP contribution is -2.25. The maximum atomic E-state index is 12.2. The van der Waals surface area contributed by atoms with Crippen molar-refractivity contribution in [3.05, 3.63) is 41.3 Å². The summed E-state index contributed by atoms with van der Waals surface area (Å²) in [5.41, 5.74) is 1.87. The Labute approximate surface area is 133 Å². The molecule has 2 aliphatic rings. The monoisotopic (exact) mass is 314 g/mol. The zero-order valence-corrected chi connectivity index (χ0v) is 12.9. The SMILES string of the molecule is Cc1cc(CNC(=O)[C@@H]2C[C@@H]2c2ccc3c(c2)OCCO3)no1. The molecule has 4 rings (SSSR count). The van der Waals surface area contributed by atoms with Gasteiger partial charge in [0.25, 0.3) is 0 Å². The van der Waals surface area contributed by atoms with Crippen LogP contribution in [0.15, 0.2) is 28.8 Å². The fourth-order valence-electron chi connectivity index (χ4n) is 2.95. The molecule has 1 N–H and O–H groups in total. The topological polar surface area (TPSA) is 73.6 Å². The first kappa shape index (κ1) is 14.1. The Morgan fingerprint density at radius 1 is 1.26 bits per heavy atom. The fourth-order valence-corrected chi connectivity index (χ4v) is 2.95. The van der Waals surface area contributed by atoms with Gasteiger partial charge in [-0.25, -0.2) is 0 Å². The van der Waals surface area contributed by atoms with Crippen LogP contribution in [-0.2, 0) is 11.3 Å². The number of ether oxygens (including phenoxy) is 2. The largest absolute Gasteiger partial charge is 0.486 e. The van der Waals surface area contributed by atoms with Crippen molar-refractivity contribution in [2.24, 2.45) is 5.92 Å². The summed E-state index contributed by atoms with van der Waals surface area (Å²) in [6.45, 7) is 3.39. The molecule has 1 saturated carbocycles. The summed E-state index contributed by atoms with van der Waals surface area (Å²) in [5.74, 6) is 2.64. The Kier molecular flexibility index (Phi) is 3.44. The van der Waals surface area contributed by atoms with E-state index in [1.54, 1.807) is 0 Å². The van der Waals surface area contributed by atoms with Crippen LogP contribution < -0.4 is 14.8 Å². The van der Waals surface area contributed by atoms with Crippen molar-refractivity contribution >= 4 is 5.91 Å². The van der Waals surface area contributed by atoms with Crippen molar-refractivity contribution < 1.29 is 18.8 Å². The van der Waals surface area contributed by atoms with Gasteiger partial charge in [0, 0.05) is 12.0 Å². The summed E-state index contributed by atoms with van der Waals surface area (Å²) < 4.78 is 16.1. The van der Waals surface area contributed by atoms with Gasteiger partial charge in [0.15, 0.2) is 11.5 Å². The van der Waals surface area contributed by atoms with Crippen LogP contribution in [0.25, 0.3) is 0 Å². The van der Waals surface area contributed by atoms with E-state index in [9.17, 15) is 4.79 Å². The predicted molar refractivity (Wildman–Crippen MR) is 81.4 cm³/mol. The maximum Gasteiger partial charge on any atom is 0.224 e. The van der Waals surface area contributed by atoms with Gasteiger partial charge >= 0.3 is 0 Å². The number of fused-ring (bicyclic) bond motifs is 1. The number of hydrogen-bond acceptors (Lipinski definition) is 5. The molecule has 0 radical (unpaired) electrons. The van der Waals surface area contributed by atoms with Crippen LogP contribution in [0, 0.1) is 12.8 Å². The molecule has 1 aliphatic heterocycles. The first-order valence-corrected chi connectivity index (χ1v) is 7.80. The first-order chi connectivity index (χ1) is 11.2. The van der Waals surface area contributed by atoms with Crippen molar-refractivity contribution in [3.63, 3.8) is 0 Å². The highest BCUT2D eigenvalue weighted by atomic mass is 16.6. The molecule has 6 nitrogen and oxygen atoms in total. The third-order valence-electron chi connectivity index (χ3n) is 4.24. The summed E-state index contributed by atoms with van der Waals surface area (Å²) in [6, 6.07) is 7.76. The molecule has 1 amide bonds. The fraction of sp³-hybridized carbons (Fsp3) is 0.412. The zero-order valence-electron chi connectivity index (χ0n) is 12.9. The molecule has 2 aromatic rings. The second kappa shape index (κ2) is 5.61. The molecule has 0 spiro atoms. The molecule has 1 fully saturated rings. The third-order valence-corrected chi connectivity index (χ3v) is 4.24. The summed E-state index contributed by atoms with van der Waals surface area (Å²) in [6.07, 6.45) is 0.864. The lowest BCUT2D eigenvalue weighted by Gasteiger charge is -2.18. The van der Waals surface area contributed by atoms with Gasteiger partial charge in [0.05, 0.1) is 6.54 Å². The summed E-state index contributed by atoms with van der Waals surface area (Å²) >= 11 is 0. The smallest absolute Gasteiger partial charge is 0.224 e. The van der Waals surface area contributed by atoms with Gasteiger partial charge in [0.2, 0.25) is 5.91 Å². The van der Waals surface area contributed by atoms with Gasteiger partial charge in [-0.2, -0.15) is 0 Å². The Bertz CT molecular complexity index is 740. The second-order valence-corrected chi connectivity index (χ2v) is 6.00. The van der Waals surface area contributed by atoms with E-state index in [2.05, 4.69) is 10.5 Å². The van der Waals surface area contributed by atoms with Crippen molar-refractivity contribution in [1.82, 2.24) is 10.5 Å². The highest BCUT2D eigenvalue weighted by molar-refractivity contribution is 5.82. The van der Waals surface area contributed by atoms with Crippen LogP contribution in [0.4, 0.5) is 0 Å². The molecule has 0 bridgehead atoms. The minimum Gasteiger partial charge on any atom is -0.486 e. The van der Waals surface area contributed by atoms with Gasteiger partial charge in [-0.15, -0.1) is 0 Å². The molecule has 2 atom stereocenters. The van der Waals surface area contributed by atoms with Crippen molar-refractivity contribution in [2.75, 3.05) is 13.2 Å². The number of rotatable bonds is 4. The molecule has 1 aliphatic carbocycles. The number of nitrogens with zero attached hydrogens (tertiary/aromatic N) is 1. The minimum atomic E-state index is 0.0190. The van der Waals surface area contributed by atoms with E-state index in [0.29, 0.717) is 19.8 Å². The van der Waals surface area contributed by atoms with E-state index < -0.39 is 0 Å². The molecule has 0 unspecified atom stereocenters. The van der Waals surface area contributed by atoms with E-state index in [1.165, 1.54) is 0 Å². The van der Waals surface area contributed by atoms with Crippen molar-refractivity contribution in [3.8, 4) is 11.5 Å². The molecule has 1 aromatic heterocycles. The third kappa shape index (κ3) is 2.88. The van der Waals surface area contributed by atoms with Gasteiger partial charge in [-0.05, 0) is 37.0 Å². The maximum absolute atomic E-state index is 12.2. The molecular formula is C17H18N2O4. The number of aryl methyl sites for hydroxylation is 1. The van der Waals surface area contributed by atoms with E-state index in [4.69, 9.17) is 14.0 Å². The molecular weight excluding hydrogens is 296 g/mol. The number of nitrogens with one attached hydrogen (secondary N) is 1. The van der Waals surface area contributed by atoms with Crippen LogP contribution in [0.3, 0.4) is 0 Å². The average molecular weight is 314 g/mol. The predicted octanol–water partition coefficient (Wildman–Crippen LogP) is 2.17. The molecule has 6 heteroatoms. The quantitative estimate of drug-likeness (QED) is 0.936. The molecule has 120 valence electrons. The van der Waals surface area contributed by atoms with E-state index in [-0.39, 0.29) is 17.7 Å². The standard InChI is InChI=1S/C17H18N2O4/c1-10-6-12(19-23-10)9-18-17(20)14-8-13(14)11-2-3-15-16(7-11)22-5-4-21-15/h2-3,6-7,13-14H,4-5,8-9H2,1H3,(H,18,20)/t13-,14-/m1/s1. The van der Waals surface area contributed by atoms with E-state index >= 15 is 0 Å². The second-order valence-electron chi connectivity index (χ2n) is 6.00. The van der Waals surface area contributed by atoms with Gasteiger partial charge < -0.3 is 19.3 Å². The normalized spacial score (nSPS) is 21.8. The van der Waals surface area contributed by atoms with E-state index in [1.807, 2.05) is 31.2 Å². The lowest BCUT2D eigenvalue weighted by molar-refractivity contribution is -0.122. The average Bonchev–Trinajstić information content (AvgIpc) is 3.27. The number of carbonyl (C=O) groups is 1.